The van der Waals surface area contributed by atoms with E-state index in [4.69, 9.17) is 5.11 Å². The van der Waals surface area contributed by atoms with Gasteiger partial charge in [-0.3, -0.25) is 9.69 Å². The molecule has 20 heavy (non-hydrogen) atoms. The van der Waals surface area contributed by atoms with E-state index in [1.54, 1.807) is 0 Å². The van der Waals surface area contributed by atoms with E-state index in [0.29, 0.717) is 12.2 Å². The van der Waals surface area contributed by atoms with Gasteiger partial charge in [0.25, 0.3) is 0 Å². The predicted molar refractivity (Wildman–Crippen MR) is 78.1 cm³/mol. The van der Waals surface area contributed by atoms with Crippen LogP contribution in [0.4, 0.5) is 10.1 Å². The zero-order valence-electron chi connectivity index (χ0n) is 12.1. The van der Waals surface area contributed by atoms with Crippen molar-refractivity contribution in [2.24, 2.45) is 0 Å². The molecule has 0 spiro atoms. The van der Waals surface area contributed by atoms with E-state index in [9.17, 15) is 9.18 Å². The van der Waals surface area contributed by atoms with Crippen molar-refractivity contribution in [1.29, 1.82) is 0 Å². The van der Waals surface area contributed by atoms with Crippen molar-refractivity contribution in [2.45, 2.75) is 32.7 Å². The van der Waals surface area contributed by atoms with Crippen LogP contribution in [0.5, 0.6) is 0 Å². The van der Waals surface area contributed by atoms with E-state index in [1.165, 1.54) is 24.3 Å². The van der Waals surface area contributed by atoms with Crippen LogP contribution in [0, 0.1) is 5.82 Å². The van der Waals surface area contributed by atoms with Crippen LogP contribution in [0.1, 0.15) is 26.7 Å². The number of aliphatic hydroxyl groups is 1. The van der Waals surface area contributed by atoms with Gasteiger partial charge in [-0.25, -0.2) is 4.39 Å². The Morgan fingerprint density at radius 3 is 2.40 bits per heavy atom. The first-order valence-corrected chi connectivity index (χ1v) is 7.01. The second-order valence-electron chi connectivity index (χ2n) is 4.72. The molecule has 4 nitrogen and oxygen atoms in total. The molecule has 112 valence electrons. The standard InChI is InChI=1S/C15H23FN2O2/c1-3-14(4-2)18(9-10-19)11-15(20)17-13-7-5-12(16)6-8-13/h5-8,14,19H,3-4,9-11H2,1-2H3,(H,17,20). The molecule has 5 heteroatoms. The summed E-state index contributed by atoms with van der Waals surface area (Å²) < 4.78 is 12.8. The molecule has 2 N–H and O–H groups in total. The molecule has 0 aliphatic rings. The first kappa shape index (κ1) is 16.6. The van der Waals surface area contributed by atoms with Crippen LogP contribution >= 0.6 is 0 Å². The smallest absolute Gasteiger partial charge is 0.238 e. The molecule has 0 saturated carbocycles. The highest BCUT2D eigenvalue weighted by atomic mass is 19.1. The molecular formula is C15H23FN2O2. The number of aliphatic hydroxyl groups excluding tert-OH is 1. The Morgan fingerprint density at radius 1 is 1.30 bits per heavy atom. The number of nitrogens with one attached hydrogen (secondary N) is 1. The van der Waals surface area contributed by atoms with Crippen molar-refractivity contribution in [1.82, 2.24) is 4.90 Å². The fourth-order valence-corrected chi connectivity index (χ4v) is 2.24. The minimum absolute atomic E-state index is 0.0281. The lowest BCUT2D eigenvalue weighted by molar-refractivity contribution is -0.118. The maximum atomic E-state index is 12.8. The van der Waals surface area contributed by atoms with Gasteiger partial charge in [0, 0.05) is 18.3 Å². The minimum Gasteiger partial charge on any atom is -0.395 e. The number of carbonyl (C=O) groups is 1. The topological polar surface area (TPSA) is 52.6 Å². The molecule has 0 aromatic heterocycles. The van der Waals surface area contributed by atoms with E-state index in [2.05, 4.69) is 19.2 Å². The zero-order valence-corrected chi connectivity index (χ0v) is 12.1. The van der Waals surface area contributed by atoms with E-state index in [1.807, 2.05) is 4.90 Å². The van der Waals surface area contributed by atoms with Gasteiger partial charge in [0.15, 0.2) is 0 Å². The Bertz CT molecular complexity index is 405. The van der Waals surface area contributed by atoms with Gasteiger partial charge in [-0.2, -0.15) is 0 Å². The van der Waals surface area contributed by atoms with Crippen molar-refractivity contribution in [3.05, 3.63) is 30.1 Å². The second-order valence-corrected chi connectivity index (χ2v) is 4.72. The molecule has 0 heterocycles. The summed E-state index contributed by atoms with van der Waals surface area (Å²) >= 11 is 0. The fourth-order valence-electron chi connectivity index (χ4n) is 2.24. The van der Waals surface area contributed by atoms with Gasteiger partial charge in [0.1, 0.15) is 5.82 Å². The van der Waals surface area contributed by atoms with E-state index >= 15 is 0 Å². The van der Waals surface area contributed by atoms with Crippen LogP contribution < -0.4 is 5.32 Å². The van der Waals surface area contributed by atoms with Crippen LogP contribution in [0.2, 0.25) is 0 Å². The summed E-state index contributed by atoms with van der Waals surface area (Å²) in [5, 5.41) is 11.8. The lowest BCUT2D eigenvalue weighted by Gasteiger charge is -2.29. The minimum atomic E-state index is -0.332. The van der Waals surface area contributed by atoms with Gasteiger partial charge in [-0.05, 0) is 37.1 Å². The summed E-state index contributed by atoms with van der Waals surface area (Å²) in [6.07, 6.45) is 1.86. The summed E-state index contributed by atoms with van der Waals surface area (Å²) in [6, 6.07) is 5.95. The summed E-state index contributed by atoms with van der Waals surface area (Å²) in [4.78, 5) is 14.0. The SMILES string of the molecule is CCC(CC)N(CCO)CC(=O)Nc1ccc(F)cc1. The molecule has 0 aliphatic carbocycles. The van der Waals surface area contributed by atoms with Crippen LogP contribution in [0.3, 0.4) is 0 Å². The van der Waals surface area contributed by atoms with Crippen molar-refractivity contribution in [2.75, 3.05) is 25.0 Å². The number of carbonyl (C=O) groups excluding carboxylic acids is 1. The summed E-state index contributed by atoms with van der Waals surface area (Å²) in [5.74, 6) is -0.487. The first-order valence-electron chi connectivity index (χ1n) is 7.01. The van der Waals surface area contributed by atoms with Crippen LogP contribution in [-0.2, 0) is 4.79 Å². The summed E-state index contributed by atoms with van der Waals surface area (Å²) in [6.45, 7) is 4.86. The Balaban J connectivity index is 2.59. The molecule has 1 amide bonds. The lowest BCUT2D eigenvalue weighted by Crippen LogP contribution is -2.42. The van der Waals surface area contributed by atoms with Crippen LogP contribution in [-0.4, -0.2) is 41.7 Å². The molecular weight excluding hydrogens is 259 g/mol. The van der Waals surface area contributed by atoms with E-state index in [-0.39, 0.29) is 30.9 Å². The Kier molecular flexibility index (Phi) is 7.18. The molecule has 0 bridgehead atoms. The van der Waals surface area contributed by atoms with Crippen molar-refractivity contribution in [3.63, 3.8) is 0 Å². The normalized spacial score (nSPS) is 11.1. The molecule has 0 aliphatic heterocycles. The third kappa shape index (κ3) is 5.27. The molecule has 1 rings (SSSR count). The van der Waals surface area contributed by atoms with Gasteiger partial charge >= 0.3 is 0 Å². The first-order chi connectivity index (χ1) is 9.60. The Hall–Kier alpha value is -1.46. The van der Waals surface area contributed by atoms with Gasteiger partial charge in [-0.1, -0.05) is 13.8 Å². The third-order valence-electron chi connectivity index (χ3n) is 3.32. The Morgan fingerprint density at radius 2 is 1.90 bits per heavy atom. The largest absolute Gasteiger partial charge is 0.395 e. The zero-order chi connectivity index (χ0) is 15.0. The summed E-state index contributed by atoms with van der Waals surface area (Å²) in [5.41, 5.74) is 0.574. The average molecular weight is 282 g/mol. The lowest BCUT2D eigenvalue weighted by atomic mass is 10.1. The molecule has 0 fully saturated rings. The molecule has 0 atom stereocenters. The van der Waals surface area contributed by atoms with Gasteiger partial charge in [0.05, 0.1) is 13.2 Å². The number of nitrogens with zero attached hydrogens (tertiary/aromatic N) is 1. The van der Waals surface area contributed by atoms with Crippen LogP contribution in [0.25, 0.3) is 0 Å². The number of anilines is 1. The van der Waals surface area contributed by atoms with Crippen molar-refractivity contribution in [3.8, 4) is 0 Å². The number of hydrogen-bond acceptors (Lipinski definition) is 3. The maximum Gasteiger partial charge on any atom is 0.238 e. The fraction of sp³-hybridized carbons (Fsp3) is 0.533. The average Bonchev–Trinajstić information content (AvgIpc) is 2.43. The number of halogens is 1. The second kappa shape index (κ2) is 8.66. The number of hydrogen-bond donors (Lipinski definition) is 2. The van der Waals surface area contributed by atoms with Gasteiger partial charge in [-0.15, -0.1) is 0 Å². The Labute approximate surface area is 119 Å². The maximum absolute atomic E-state index is 12.8. The highest BCUT2D eigenvalue weighted by Gasteiger charge is 2.17. The van der Waals surface area contributed by atoms with Crippen LogP contribution in [0.15, 0.2) is 24.3 Å². The third-order valence-corrected chi connectivity index (χ3v) is 3.32. The monoisotopic (exact) mass is 282 g/mol. The highest BCUT2D eigenvalue weighted by Crippen LogP contribution is 2.10. The van der Waals surface area contributed by atoms with E-state index in [0.717, 1.165) is 12.8 Å². The molecule has 1 aromatic carbocycles. The van der Waals surface area contributed by atoms with Crippen molar-refractivity contribution >= 4 is 11.6 Å². The summed E-state index contributed by atoms with van der Waals surface area (Å²) in [7, 11) is 0. The number of benzene rings is 1. The van der Waals surface area contributed by atoms with E-state index < -0.39 is 0 Å². The predicted octanol–water partition coefficient (Wildman–Crippen LogP) is 2.25. The highest BCUT2D eigenvalue weighted by molar-refractivity contribution is 5.92. The molecule has 0 saturated heterocycles. The number of rotatable bonds is 8. The van der Waals surface area contributed by atoms with Crippen molar-refractivity contribution < 1.29 is 14.3 Å². The van der Waals surface area contributed by atoms with Gasteiger partial charge < -0.3 is 10.4 Å². The number of amides is 1. The van der Waals surface area contributed by atoms with Gasteiger partial charge in [0.2, 0.25) is 5.91 Å². The molecule has 0 unspecified atom stereocenters. The molecule has 1 aromatic rings. The molecule has 0 radical (unpaired) electrons. The quantitative estimate of drug-likeness (QED) is 0.769.